The summed E-state index contributed by atoms with van der Waals surface area (Å²) in [6, 6.07) is 14.7. The lowest BCUT2D eigenvalue weighted by Crippen LogP contribution is -2.14. The van der Waals surface area contributed by atoms with Crippen molar-refractivity contribution in [2.45, 2.75) is 0 Å². The van der Waals surface area contributed by atoms with E-state index in [1.807, 2.05) is 24.3 Å². The molecule has 4 aromatic rings. The normalized spacial score (nSPS) is 10.8. The van der Waals surface area contributed by atoms with Crippen LogP contribution in [0.4, 0.5) is 0 Å². The van der Waals surface area contributed by atoms with Crippen LogP contribution in [0.2, 0.25) is 0 Å². The average molecular weight is 348 g/mol. The predicted octanol–water partition coefficient (Wildman–Crippen LogP) is 2.79. The second kappa shape index (κ2) is 6.36. The molecule has 2 aromatic heterocycles. The highest BCUT2D eigenvalue weighted by molar-refractivity contribution is 5.73. The summed E-state index contributed by atoms with van der Waals surface area (Å²) in [5.41, 5.74) is 2.78. The monoisotopic (exact) mass is 348 g/mol. The van der Waals surface area contributed by atoms with Crippen LogP contribution in [0.3, 0.4) is 0 Å². The second-order valence-electron chi connectivity index (χ2n) is 5.62. The van der Waals surface area contributed by atoms with E-state index in [1.165, 1.54) is 4.57 Å². The minimum absolute atomic E-state index is 0.298. The maximum absolute atomic E-state index is 12.4. The molecule has 0 unspecified atom stereocenters. The molecule has 0 saturated carbocycles. The molecule has 2 aromatic carbocycles. The zero-order valence-corrected chi connectivity index (χ0v) is 14.3. The van der Waals surface area contributed by atoms with Crippen molar-refractivity contribution in [3.63, 3.8) is 0 Å². The number of rotatable bonds is 4. The number of fused-ring (bicyclic) bond motifs is 1. The van der Waals surface area contributed by atoms with Gasteiger partial charge in [0.1, 0.15) is 11.5 Å². The van der Waals surface area contributed by atoms with Crippen molar-refractivity contribution in [2.75, 3.05) is 14.2 Å². The maximum Gasteiger partial charge on any atom is 0.333 e. The molecule has 0 aliphatic rings. The van der Waals surface area contributed by atoms with Crippen molar-refractivity contribution in [1.29, 1.82) is 0 Å². The second-order valence-corrected chi connectivity index (χ2v) is 5.62. The van der Waals surface area contributed by atoms with Crippen molar-refractivity contribution >= 4 is 11.3 Å². The van der Waals surface area contributed by atoms with E-state index in [9.17, 15) is 4.79 Å². The van der Waals surface area contributed by atoms with Crippen LogP contribution in [0.5, 0.6) is 11.5 Å². The third kappa shape index (κ3) is 2.69. The molecule has 0 aliphatic heterocycles. The summed E-state index contributed by atoms with van der Waals surface area (Å²) in [5.74, 6) is 1.45. The van der Waals surface area contributed by atoms with E-state index < -0.39 is 0 Å². The van der Waals surface area contributed by atoms with Gasteiger partial charge in [0.25, 0.3) is 0 Å². The molecule has 2 heterocycles. The SMILES string of the molecule is COc1ccc(-n2c(=O)[nH]c3nc(-c4cccc(OC)c4)cnc32)cc1. The minimum Gasteiger partial charge on any atom is -0.497 e. The van der Waals surface area contributed by atoms with Gasteiger partial charge in [-0.25, -0.2) is 19.3 Å². The van der Waals surface area contributed by atoms with E-state index >= 15 is 0 Å². The van der Waals surface area contributed by atoms with E-state index in [2.05, 4.69) is 15.0 Å². The number of aromatic amines is 1. The minimum atomic E-state index is -0.298. The Morgan fingerprint density at radius 2 is 1.77 bits per heavy atom. The maximum atomic E-state index is 12.4. The molecular formula is C19H16N4O3. The number of hydrogen-bond donors (Lipinski definition) is 1. The first-order chi connectivity index (χ1) is 12.7. The highest BCUT2D eigenvalue weighted by Crippen LogP contribution is 2.23. The van der Waals surface area contributed by atoms with Gasteiger partial charge in [-0.15, -0.1) is 0 Å². The van der Waals surface area contributed by atoms with Gasteiger partial charge in [0.05, 0.1) is 31.8 Å². The molecule has 7 heteroatoms. The van der Waals surface area contributed by atoms with Gasteiger partial charge >= 0.3 is 5.69 Å². The standard InChI is InChI=1S/C19H16N4O3/c1-25-14-8-6-13(7-9-14)23-18-17(22-19(23)24)21-16(11-20-18)12-4-3-5-15(10-12)26-2/h3-11H,1-2H3,(H,21,22,24). The van der Waals surface area contributed by atoms with Gasteiger partial charge in [-0.1, -0.05) is 12.1 Å². The number of methoxy groups -OCH3 is 2. The highest BCUT2D eigenvalue weighted by Gasteiger charge is 2.13. The topological polar surface area (TPSA) is 82.0 Å². The summed E-state index contributed by atoms with van der Waals surface area (Å²) in [6.07, 6.45) is 1.64. The van der Waals surface area contributed by atoms with E-state index in [4.69, 9.17) is 9.47 Å². The van der Waals surface area contributed by atoms with Crippen LogP contribution in [0, 0.1) is 0 Å². The van der Waals surface area contributed by atoms with E-state index in [-0.39, 0.29) is 5.69 Å². The largest absolute Gasteiger partial charge is 0.497 e. The van der Waals surface area contributed by atoms with Gasteiger partial charge < -0.3 is 9.47 Å². The Morgan fingerprint density at radius 3 is 2.50 bits per heavy atom. The number of aromatic nitrogens is 4. The Bertz CT molecular complexity index is 1130. The molecule has 4 rings (SSSR count). The lowest BCUT2D eigenvalue weighted by Gasteiger charge is -2.05. The molecule has 0 fully saturated rings. The molecule has 0 atom stereocenters. The quantitative estimate of drug-likeness (QED) is 0.613. The number of nitrogens with one attached hydrogen (secondary N) is 1. The van der Waals surface area contributed by atoms with Crippen LogP contribution in [-0.4, -0.2) is 33.7 Å². The third-order valence-corrected chi connectivity index (χ3v) is 4.09. The van der Waals surface area contributed by atoms with Gasteiger partial charge in [0, 0.05) is 5.56 Å². The Kier molecular flexibility index (Phi) is 3.89. The number of H-pyrrole nitrogens is 1. The molecule has 0 bridgehead atoms. The summed E-state index contributed by atoms with van der Waals surface area (Å²) in [6.45, 7) is 0. The fourth-order valence-corrected chi connectivity index (χ4v) is 2.78. The number of ether oxygens (including phenoxy) is 2. The summed E-state index contributed by atoms with van der Waals surface area (Å²) in [4.78, 5) is 24.2. The Balaban J connectivity index is 1.82. The number of hydrogen-bond acceptors (Lipinski definition) is 5. The van der Waals surface area contributed by atoms with Crippen LogP contribution in [0.1, 0.15) is 0 Å². The molecule has 7 nitrogen and oxygen atoms in total. The van der Waals surface area contributed by atoms with Crippen molar-refractivity contribution in [3.05, 3.63) is 65.2 Å². The first kappa shape index (κ1) is 15.9. The molecule has 0 radical (unpaired) electrons. The number of imidazole rings is 1. The van der Waals surface area contributed by atoms with Gasteiger partial charge in [-0.2, -0.15) is 0 Å². The summed E-state index contributed by atoms with van der Waals surface area (Å²) >= 11 is 0. The van der Waals surface area contributed by atoms with Crippen molar-refractivity contribution in [1.82, 2.24) is 19.5 Å². The Morgan fingerprint density at radius 1 is 1.00 bits per heavy atom. The molecule has 0 saturated heterocycles. The summed E-state index contributed by atoms with van der Waals surface area (Å²) in [7, 11) is 3.21. The third-order valence-electron chi connectivity index (χ3n) is 4.09. The van der Waals surface area contributed by atoms with E-state index in [0.717, 1.165) is 11.3 Å². The van der Waals surface area contributed by atoms with Gasteiger partial charge in [-0.3, -0.25) is 4.98 Å². The Hall–Kier alpha value is -3.61. The number of benzene rings is 2. The average Bonchev–Trinajstić information content (AvgIpc) is 3.03. The van der Waals surface area contributed by atoms with Gasteiger partial charge in [0.2, 0.25) is 0 Å². The zero-order chi connectivity index (χ0) is 18.1. The summed E-state index contributed by atoms with van der Waals surface area (Å²) in [5, 5.41) is 0. The van der Waals surface area contributed by atoms with Crippen LogP contribution < -0.4 is 15.2 Å². The fraction of sp³-hybridized carbons (Fsp3) is 0.105. The van der Waals surface area contributed by atoms with Crippen molar-refractivity contribution in [2.24, 2.45) is 0 Å². The van der Waals surface area contributed by atoms with Crippen LogP contribution >= 0.6 is 0 Å². The fourth-order valence-electron chi connectivity index (χ4n) is 2.78. The van der Waals surface area contributed by atoms with Crippen molar-refractivity contribution < 1.29 is 9.47 Å². The first-order valence-corrected chi connectivity index (χ1v) is 7.96. The highest BCUT2D eigenvalue weighted by atomic mass is 16.5. The first-order valence-electron chi connectivity index (χ1n) is 7.96. The zero-order valence-electron chi connectivity index (χ0n) is 14.3. The van der Waals surface area contributed by atoms with Gasteiger partial charge in [-0.05, 0) is 36.4 Å². The predicted molar refractivity (Wildman–Crippen MR) is 98.0 cm³/mol. The van der Waals surface area contributed by atoms with Crippen LogP contribution in [-0.2, 0) is 0 Å². The molecule has 0 amide bonds. The molecule has 0 aliphatic carbocycles. The lowest BCUT2D eigenvalue weighted by molar-refractivity contribution is 0.414. The smallest absolute Gasteiger partial charge is 0.333 e. The Labute approximate surface area is 148 Å². The molecule has 1 N–H and O–H groups in total. The molecule has 26 heavy (non-hydrogen) atoms. The van der Waals surface area contributed by atoms with Crippen LogP contribution in [0.15, 0.2) is 59.5 Å². The lowest BCUT2D eigenvalue weighted by atomic mass is 10.1. The van der Waals surface area contributed by atoms with Crippen molar-refractivity contribution in [3.8, 4) is 28.4 Å². The van der Waals surface area contributed by atoms with E-state index in [0.29, 0.717) is 28.4 Å². The summed E-state index contributed by atoms with van der Waals surface area (Å²) < 4.78 is 11.9. The molecule has 0 spiro atoms. The molecule has 130 valence electrons. The van der Waals surface area contributed by atoms with E-state index in [1.54, 1.807) is 44.7 Å². The number of nitrogens with zero attached hydrogens (tertiary/aromatic N) is 3. The molecular weight excluding hydrogens is 332 g/mol. The van der Waals surface area contributed by atoms with Gasteiger partial charge in [0.15, 0.2) is 11.3 Å². The van der Waals surface area contributed by atoms with Crippen LogP contribution in [0.25, 0.3) is 28.2 Å².